The predicted molar refractivity (Wildman–Crippen MR) is 145 cm³/mol. The number of esters is 1. The van der Waals surface area contributed by atoms with Gasteiger partial charge in [0.1, 0.15) is 0 Å². The first-order valence-electron chi connectivity index (χ1n) is 12.5. The van der Waals surface area contributed by atoms with Crippen LogP contribution in [0.1, 0.15) is 73.3 Å². The fourth-order valence-corrected chi connectivity index (χ4v) is 7.32. The van der Waals surface area contributed by atoms with E-state index in [1.165, 1.54) is 18.1 Å². The molecule has 0 aromatic heterocycles. The van der Waals surface area contributed by atoms with Crippen molar-refractivity contribution in [1.29, 1.82) is 0 Å². The quantitative estimate of drug-likeness (QED) is 0.147. The van der Waals surface area contributed by atoms with Gasteiger partial charge in [-0.1, -0.05) is 88.4 Å². The van der Waals surface area contributed by atoms with E-state index in [2.05, 4.69) is 90.6 Å². The molecular formula is C29H46O3Si. The Bertz CT molecular complexity index is 784. The third-order valence-corrected chi connectivity index (χ3v) is 11.5. The first kappa shape index (κ1) is 29.1. The van der Waals surface area contributed by atoms with E-state index in [0.29, 0.717) is 12.5 Å². The highest BCUT2D eigenvalue weighted by atomic mass is 28.4. The Balaban J connectivity index is 3.03. The predicted octanol–water partition coefficient (Wildman–Crippen LogP) is 8.35. The average Bonchev–Trinajstić information content (AvgIpc) is 2.78. The van der Waals surface area contributed by atoms with Gasteiger partial charge in [-0.05, 0) is 68.3 Å². The SMILES string of the molecule is C=C(/C=C(\C)[C@@](C)(C/C=C/c1ccccc1)O[Si](CC)(CC)CC)C[C@@H](C)CCOC(C)=O. The molecule has 0 saturated heterocycles. The molecule has 0 fully saturated rings. The lowest BCUT2D eigenvalue weighted by atomic mass is 9.89. The minimum absolute atomic E-state index is 0.219. The van der Waals surface area contributed by atoms with Crippen LogP contribution in [0, 0.1) is 5.92 Å². The van der Waals surface area contributed by atoms with E-state index < -0.39 is 8.32 Å². The minimum Gasteiger partial charge on any atom is -0.466 e. The minimum atomic E-state index is -1.81. The Kier molecular flexibility index (Phi) is 12.7. The lowest BCUT2D eigenvalue weighted by molar-refractivity contribution is -0.141. The van der Waals surface area contributed by atoms with Gasteiger partial charge in [0.15, 0.2) is 8.32 Å². The van der Waals surface area contributed by atoms with Crippen molar-refractivity contribution in [2.75, 3.05) is 6.61 Å². The van der Waals surface area contributed by atoms with Crippen LogP contribution in [-0.2, 0) is 14.0 Å². The molecule has 0 N–H and O–H groups in total. The standard InChI is InChI=1S/C29H46O3Si/c1-9-33(10-2,11-3)32-29(8,20-15-18-28-16-13-12-14-17-28)26(6)23-25(5)22-24(4)19-21-31-27(7)30/h12-18,23-24H,5,9-11,19-22H2,1-4,6-8H3/b18-15+,26-23+/t24-,29+/m0/s1. The van der Waals surface area contributed by atoms with Gasteiger partial charge in [0, 0.05) is 6.92 Å². The fraction of sp³-hybridized carbons (Fsp3) is 0.552. The van der Waals surface area contributed by atoms with Crippen LogP contribution >= 0.6 is 0 Å². The largest absolute Gasteiger partial charge is 0.466 e. The summed E-state index contributed by atoms with van der Waals surface area (Å²) in [6, 6.07) is 13.8. The maximum Gasteiger partial charge on any atom is 0.302 e. The topological polar surface area (TPSA) is 35.5 Å². The van der Waals surface area contributed by atoms with Crippen molar-refractivity contribution in [3.63, 3.8) is 0 Å². The van der Waals surface area contributed by atoms with E-state index in [0.717, 1.165) is 43.0 Å². The van der Waals surface area contributed by atoms with Crippen LogP contribution in [0.25, 0.3) is 6.08 Å². The molecule has 1 aromatic rings. The third kappa shape index (κ3) is 10.3. The molecule has 2 atom stereocenters. The van der Waals surface area contributed by atoms with Crippen LogP contribution < -0.4 is 0 Å². The second kappa shape index (κ2) is 14.4. The van der Waals surface area contributed by atoms with Gasteiger partial charge in [-0.3, -0.25) is 4.79 Å². The van der Waals surface area contributed by atoms with Crippen molar-refractivity contribution in [2.45, 2.75) is 91.5 Å². The molecular weight excluding hydrogens is 424 g/mol. The number of hydrogen-bond donors (Lipinski definition) is 0. The first-order chi connectivity index (χ1) is 15.6. The molecule has 0 saturated carbocycles. The number of allylic oxidation sites excluding steroid dienone is 2. The molecule has 0 unspecified atom stereocenters. The van der Waals surface area contributed by atoms with Gasteiger partial charge >= 0.3 is 5.97 Å². The summed E-state index contributed by atoms with van der Waals surface area (Å²) in [6.07, 6.45) is 9.21. The number of hydrogen-bond acceptors (Lipinski definition) is 3. The van der Waals surface area contributed by atoms with Crippen LogP contribution in [0.3, 0.4) is 0 Å². The molecule has 4 heteroatoms. The second-order valence-corrected chi connectivity index (χ2v) is 14.2. The highest BCUT2D eigenvalue weighted by molar-refractivity contribution is 6.73. The van der Waals surface area contributed by atoms with E-state index in [1.807, 2.05) is 6.07 Å². The number of carbonyl (C=O) groups excluding carboxylic acids is 1. The second-order valence-electron chi connectivity index (χ2n) is 9.52. The van der Waals surface area contributed by atoms with Gasteiger partial charge in [-0.25, -0.2) is 0 Å². The van der Waals surface area contributed by atoms with Crippen molar-refractivity contribution < 1.29 is 14.0 Å². The molecule has 0 heterocycles. The number of benzene rings is 1. The van der Waals surface area contributed by atoms with Crippen molar-refractivity contribution >= 4 is 20.4 Å². The fourth-order valence-electron chi connectivity index (χ4n) is 4.18. The van der Waals surface area contributed by atoms with Crippen molar-refractivity contribution in [3.8, 4) is 0 Å². The van der Waals surface area contributed by atoms with E-state index in [9.17, 15) is 4.79 Å². The lowest BCUT2D eigenvalue weighted by Crippen LogP contribution is -2.46. The molecule has 0 amide bonds. The molecule has 33 heavy (non-hydrogen) atoms. The third-order valence-electron chi connectivity index (χ3n) is 6.77. The van der Waals surface area contributed by atoms with Crippen LogP contribution in [0.15, 0.2) is 60.2 Å². The summed E-state index contributed by atoms with van der Waals surface area (Å²) in [7, 11) is -1.81. The molecule has 1 aromatic carbocycles. The number of ether oxygens (including phenoxy) is 1. The molecule has 0 aliphatic carbocycles. The summed E-state index contributed by atoms with van der Waals surface area (Å²) < 4.78 is 12.2. The Labute approximate surface area is 204 Å². The van der Waals surface area contributed by atoms with Crippen LogP contribution in [-0.4, -0.2) is 26.5 Å². The summed E-state index contributed by atoms with van der Waals surface area (Å²) in [5.74, 6) is 0.185. The normalized spacial score (nSPS) is 15.3. The molecule has 1 rings (SSSR count). The van der Waals surface area contributed by atoms with Gasteiger partial charge in [0.05, 0.1) is 12.2 Å². The summed E-state index contributed by atoms with van der Waals surface area (Å²) in [4.78, 5) is 11.0. The summed E-state index contributed by atoms with van der Waals surface area (Å²) in [5, 5.41) is 0. The Hall–Kier alpha value is -1.91. The monoisotopic (exact) mass is 470 g/mol. The molecule has 0 bridgehead atoms. The van der Waals surface area contributed by atoms with Gasteiger partial charge < -0.3 is 9.16 Å². The van der Waals surface area contributed by atoms with Gasteiger partial charge in [-0.2, -0.15) is 0 Å². The van der Waals surface area contributed by atoms with Gasteiger partial charge in [0.25, 0.3) is 0 Å². The van der Waals surface area contributed by atoms with Crippen LogP contribution in [0.5, 0.6) is 0 Å². The van der Waals surface area contributed by atoms with E-state index in [1.54, 1.807) is 0 Å². The summed E-state index contributed by atoms with van der Waals surface area (Å²) in [6.45, 7) is 19.7. The molecule has 0 spiro atoms. The first-order valence-corrected chi connectivity index (χ1v) is 15.0. The Morgan fingerprint density at radius 3 is 2.27 bits per heavy atom. The molecule has 0 aliphatic rings. The zero-order chi connectivity index (χ0) is 24.9. The number of carbonyl (C=O) groups is 1. The van der Waals surface area contributed by atoms with Gasteiger partial charge in [-0.15, -0.1) is 0 Å². The zero-order valence-electron chi connectivity index (χ0n) is 22.1. The molecule has 0 radical (unpaired) electrons. The molecule has 0 aliphatic heterocycles. The van der Waals surface area contributed by atoms with Crippen molar-refractivity contribution in [2.24, 2.45) is 5.92 Å². The van der Waals surface area contributed by atoms with E-state index in [-0.39, 0.29) is 11.6 Å². The average molecular weight is 471 g/mol. The summed E-state index contributed by atoms with van der Waals surface area (Å²) in [5.41, 5.74) is 3.17. The summed E-state index contributed by atoms with van der Waals surface area (Å²) >= 11 is 0. The molecule has 3 nitrogen and oxygen atoms in total. The smallest absolute Gasteiger partial charge is 0.302 e. The Morgan fingerprint density at radius 2 is 1.73 bits per heavy atom. The highest BCUT2D eigenvalue weighted by Gasteiger charge is 2.38. The van der Waals surface area contributed by atoms with Crippen molar-refractivity contribution in [1.82, 2.24) is 0 Å². The van der Waals surface area contributed by atoms with E-state index >= 15 is 0 Å². The number of rotatable bonds is 15. The van der Waals surface area contributed by atoms with Crippen molar-refractivity contribution in [3.05, 3.63) is 65.8 Å². The molecule has 184 valence electrons. The van der Waals surface area contributed by atoms with Gasteiger partial charge in [0.2, 0.25) is 0 Å². The van der Waals surface area contributed by atoms with Crippen LogP contribution in [0.2, 0.25) is 18.1 Å². The lowest BCUT2D eigenvalue weighted by Gasteiger charge is -2.41. The Morgan fingerprint density at radius 1 is 1.12 bits per heavy atom. The maximum absolute atomic E-state index is 11.0. The van der Waals surface area contributed by atoms with E-state index in [4.69, 9.17) is 9.16 Å². The zero-order valence-corrected chi connectivity index (χ0v) is 23.1. The maximum atomic E-state index is 11.0. The highest BCUT2D eigenvalue weighted by Crippen LogP contribution is 2.35. The van der Waals surface area contributed by atoms with Crippen LogP contribution in [0.4, 0.5) is 0 Å².